The van der Waals surface area contributed by atoms with Gasteiger partial charge >= 0.3 is 0 Å². The van der Waals surface area contributed by atoms with Gasteiger partial charge in [0.25, 0.3) is 0 Å². The van der Waals surface area contributed by atoms with Crippen molar-refractivity contribution in [1.82, 2.24) is 5.32 Å². The number of hydrogen-bond donors (Lipinski definition) is 1. The zero-order valence-electron chi connectivity index (χ0n) is 8.86. The Bertz CT molecular complexity index is 211. The van der Waals surface area contributed by atoms with E-state index in [1.807, 2.05) is 0 Å². The summed E-state index contributed by atoms with van der Waals surface area (Å²) in [5.41, 5.74) is 8.00. The molecule has 0 aromatic heterocycles. The summed E-state index contributed by atoms with van der Waals surface area (Å²) in [7, 11) is 0. The Labute approximate surface area is 84.5 Å². The summed E-state index contributed by atoms with van der Waals surface area (Å²) in [6.07, 6.45) is 2.31. The first-order valence-electron chi connectivity index (χ1n) is 4.98. The third-order valence-corrected chi connectivity index (χ3v) is 2.05. The number of azide groups is 1. The first-order valence-corrected chi connectivity index (χ1v) is 4.98. The molecule has 0 heterocycles. The average Bonchev–Trinajstić information content (AvgIpc) is 2.17. The normalized spacial score (nSPS) is 11.6. The predicted molar refractivity (Wildman–Crippen MR) is 55.7 cm³/mol. The predicted octanol–water partition coefficient (Wildman–Crippen LogP) is 2.24. The molecule has 0 spiro atoms. The molecule has 14 heavy (non-hydrogen) atoms. The van der Waals surface area contributed by atoms with Gasteiger partial charge in [-0.3, -0.25) is 4.79 Å². The van der Waals surface area contributed by atoms with Crippen molar-refractivity contribution in [3.05, 3.63) is 10.4 Å². The van der Waals surface area contributed by atoms with Gasteiger partial charge in [-0.2, -0.15) is 0 Å². The molecule has 0 aliphatic heterocycles. The largest absolute Gasteiger partial charge is 0.356 e. The van der Waals surface area contributed by atoms with Crippen LogP contribution in [0, 0.1) is 5.92 Å². The lowest BCUT2D eigenvalue weighted by Gasteiger charge is -2.08. The number of amides is 1. The number of carbonyl (C=O) groups excluding carboxylic acids is 1. The van der Waals surface area contributed by atoms with Gasteiger partial charge in [0.1, 0.15) is 0 Å². The van der Waals surface area contributed by atoms with E-state index in [0.717, 1.165) is 6.42 Å². The molecule has 1 N–H and O–H groups in total. The molecule has 0 radical (unpaired) electrons. The van der Waals surface area contributed by atoms with Gasteiger partial charge in [-0.25, -0.2) is 0 Å². The third kappa shape index (κ3) is 7.43. The van der Waals surface area contributed by atoms with Crippen LogP contribution in [-0.2, 0) is 4.79 Å². The van der Waals surface area contributed by atoms with Gasteiger partial charge in [-0.1, -0.05) is 25.4 Å². The van der Waals surface area contributed by atoms with Crippen molar-refractivity contribution in [2.45, 2.75) is 33.1 Å². The van der Waals surface area contributed by atoms with Crippen LogP contribution in [0.3, 0.4) is 0 Å². The molecule has 80 valence electrons. The van der Waals surface area contributed by atoms with Crippen LogP contribution >= 0.6 is 0 Å². The molecular formula is C9H18N4O. The van der Waals surface area contributed by atoms with Crippen molar-refractivity contribution < 1.29 is 4.79 Å². The lowest BCUT2D eigenvalue weighted by molar-refractivity contribution is -0.121. The van der Waals surface area contributed by atoms with E-state index in [1.165, 1.54) is 0 Å². The molecule has 0 fully saturated rings. The molecule has 0 aliphatic carbocycles. The van der Waals surface area contributed by atoms with E-state index in [4.69, 9.17) is 5.53 Å². The average molecular weight is 198 g/mol. The smallest absolute Gasteiger partial charge is 0.220 e. The summed E-state index contributed by atoms with van der Waals surface area (Å²) in [5.74, 6) is 0.521. The molecular weight excluding hydrogens is 180 g/mol. The summed E-state index contributed by atoms with van der Waals surface area (Å²) in [4.78, 5) is 13.9. The second-order valence-electron chi connectivity index (χ2n) is 3.38. The van der Waals surface area contributed by atoms with Crippen molar-refractivity contribution >= 4 is 5.91 Å². The first-order chi connectivity index (χ1) is 6.70. The van der Waals surface area contributed by atoms with Crippen LogP contribution in [0.1, 0.15) is 33.1 Å². The summed E-state index contributed by atoms with van der Waals surface area (Å²) < 4.78 is 0. The molecule has 1 amide bonds. The maximum absolute atomic E-state index is 11.2. The summed E-state index contributed by atoms with van der Waals surface area (Å²) in [6, 6.07) is 0. The van der Waals surface area contributed by atoms with E-state index in [2.05, 4.69) is 29.2 Å². The monoisotopic (exact) mass is 198 g/mol. The molecule has 0 bridgehead atoms. The number of rotatable bonds is 7. The fourth-order valence-electron chi connectivity index (χ4n) is 0.955. The Morgan fingerprint density at radius 3 is 2.93 bits per heavy atom. The molecule has 0 saturated carbocycles. The zero-order chi connectivity index (χ0) is 10.8. The van der Waals surface area contributed by atoms with Crippen LogP contribution in [0.4, 0.5) is 0 Å². The van der Waals surface area contributed by atoms with Crippen molar-refractivity contribution in [1.29, 1.82) is 0 Å². The summed E-state index contributed by atoms with van der Waals surface area (Å²) >= 11 is 0. The zero-order valence-corrected chi connectivity index (χ0v) is 8.86. The van der Waals surface area contributed by atoms with E-state index in [1.54, 1.807) is 0 Å². The highest BCUT2D eigenvalue weighted by molar-refractivity contribution is 5.76. The van der Waals surface area contributed by atoms with Gasteiger partial charge in [0.2, 0.25) is 5.91 Å². The Morgan fingerprint density at radius 1 is 1.64 bits per heavy atom. The van der Waals surface area contributed by atoms with Crippen LogP contribution < -0.4 is 5.32 Å². The van der Waals surface area contributed by atoms with Crippen LogP contribution in [0.25, 0.3) is 10.4 Å². The fraction of sp³-hybridized carbons (Fsp3) is 0.889. The van der Waals surface area contributed by atoms with Gasteiger partial charge in [-0.05, 0) is 17.9 Å². The van der Waals surface area contributed by atoms with Crippen LogP contribution in [0.2, 0.25) is 0 Å². The fourth-order valence-corrected chi connectivity index (χ4v) is 0.955. The van der Waals surface area contributed by atoms with E-state index in [-0.39, 0.29) is 5.91 Å². The van der Waals surface area contributed by atoms with E-state index in [9.17, 15) is 4.79 Å². The number of nitrogens with one attached hydrogen (secondary N) is 1. The van der Waals surface area contributed by atoms with Crippen molar-refractivity contribution in [2.24, 2.45) is 11.0 Å². The molecule has 1 unspecified atom stereocenters. The lowest BCUT2D eigenvalue weighted by atomic mass is 10.1. The molecule has 0 aromatic carbocycles. The minimum atomic E-state index is 0.0836. The quantitative estimate of drug-likeness (QED) is 0.289. The second kappa shape index (κ2) is 8.38. The van der Waals surface area contributed by atoms with E-state index < -0.39 is 0 Å². The molecule has 0 aliphatic rings. The first kappa shape index (κ1) is 12.8. The molecule has 5 heteroatoms. The molecule has 0 rings (SSSR count). The number of carbonyl (C=O) groups is 1. The summed E-state index contributed by atoms with van der Waals surface area (Å²) in [6.45, 7) is 5.16. The Morgan fingerprint density at radius 2 is 2.36 bits per heavy atom. The van der Waals surface area contributed by atoms with Crippen molar-refractivity contribution in [2.75, 3.05) is 13.1 Å². The highest BCUT2D eigenvalue weighted by Gasteiger charge is 2.05. The van der Waals surface area contributed by atoms with Gasteiger partial charge in [0, 0.05) is 24.4 Å². The lowest BCUT2D eigenvalue weighted by Crippen LogP contribution is -2.26. The van der Waals surface area contributed by atoms with E-state index >= 15 is 0 Å². The third-order valence-electron chi connectivity index (χ3n) is 2.05. The highest BCUT2D eigenvalue weighted by Crippen LogP contribution is 2.05. The van der Waals surface area contributed by atoms with Gasteiger partial charge in [-0.15, -0.1) is 0 Å². The van der Waals surface area contributed by atoms with Gasteiger partial charge in [0.15, 0.2) is 0 Å². The maximum atomic E-state index is 11.2. The molecule has 5 nitrogen and oxygen atoms in total. The van der Waals surface area contributed by atoms with Gasteiger partial charge < -0.3 is 5.32 Å². The number of nitrogens with zero attached hydrogens (tertiary/aromatic N) is 3. The van der Waals surface area contributed by atoms with Crippen LogP contribution in [-0.4, -0.2) is 19.0 Å². The highest BCUT2D eigenvalue weighted by atomic mass is 16.1. The minimum Gasteiger partial charge on any atom is -0.356 e. The van der Waals surface area contributed by atoms with Crippen LogP contribution in [0.5, 0.6) is 0 Å². The SMILES string of the molecule is CCC(C)CC(=O)NCCCN=[N+]=[N-]. The Balaban J connectivity index is 3.39. The van der Waals surface area contributed by atoms with Crippen molar-refractivity contribution in [3.63, 3.8) is 0 Å². The molecule has 1 atom stereocenters. The summed E-state index contributed by atoms with van der Waals surface area (Å²) in [5, 5.41) is 6.16. The Hall–Kier alpha value is -1.22. The topological polar surface area (TPSA) is 77.9 Å². The number of hydrogen-bond acceptors (Lipinski definition) is 2. The minimum absolute atomic E-state index is 0.0836. The Kier molecular flexibility index (Phi) is 7.65. The van der Waals surface area contributed by atoms with Crippen LogP contribution in [0.15, 0.2) is 5.11 Å². The van der Waals surface area contributed by atoms with Crippen molar-refractivity contribution in [3.8, 4) is 0 Å². The second-order valence-corrected chi connectivity index (χ2v) is 3.38. The van der Waals surface area contributed by atoms with E-state index in [0.29, 0.717) is 31.8 Å². The van der Waals surface area contributed by atoms with Gasteiger partial charge in [0.05, 0.1) is 0 Å². The molecule has 0 saturated heterocycles. The standard InChI is InChI=1S/C9H18N4O/c1-3-8(2)7-9(14)11-5-4-6-12-13-10/h8H,3-7H2,1-2H3,(H,11,14). The maximum Gasteiger partial charge on any atom is 0.220 e. The molecule has 0 aromatic rings.